The lowest BCUT2D eigenvalue weighted by atomic mass is 10.1. The van der Waals surface area contributed by atoms with Crippen LogP contribution in [0.5, 0.6) is 0 Å². The first kappa shape index (κ1) is 15.5. The molecule has 0 saturated carbocycles. The highest BCUT2D eigenvalue weighted by molar-refractivity contribution is 6.03. The van der Waals surface area contributed by atoms with E-state index in [4.69, 9.17) is 0 Å². The molecule has 25 heavy (non-hydrogen) atoms. The van der Waals surface area contributed by atoms with E-state index in [0.29, 0.717) is 5.69 Å². The van der Waals surface area contributed by atoms with E-state index < -0.39 is 0 Å². The smallest absolute Gasteiger partial charge is 0.278 e. The molecule has 1 aliphatic rings. The summed E-state index contributed by atoms with van der Waals surface area (Å²) < 4.78 is 15.0. The molecule has 0 radical (unpaired) electrons. The molecule has 0 aliphatic heterocycles. The predicted octanol–water partition coefficient (Wildman–Crippen LogP) is 2.65. The van der Waals surface area contributed by atoms with Crippen molar-refractivity contribution in [1.82, 2.24) is 25.0 Å². The molecule has 0 saturated heterocycles. The number of rotatable bonds is 3. The van der Waals surface area contributed by atoms with Gasteiger partial charge in [-0.05, 0) is 49.9 Å². The SMILES string of the molecule is O=C(Nc1ncn[nH]1)c1nn(-c2ccc(F)cc2)c2c1CCCCC2. The van der Waals surface area contributed by atoms with Crippen molar-refractivity contribution in [3.8, 4) is 5.69 Å². The minimum absolute atomic E-state index is 0.281. The van der Waals surface area contributed by atoms with E-state index in [1.807, 2.05) is 0 Å². The molecule has 0 atom stereocenters. The van der Waals surface area contributed by atoms with Gasteiger partial charge >= 0.3 is 0 Å². The molecule has 2 heterocycles. The van der Waals surface area contributed by atoms with Crippen LogP contribution in [-0.4, -0.2) is 30.9 Å². The molecule has 0 bridgehead atoms. The fourth-order valence-corrected chi connectivity index (χ4v) is 3.19. The number of anilines is 1. The van der Waals surface area contributed by atoms with Gasteiger partial charge in [-0.2, -0.15) is 15.2 Å². The van der Waals surface area contributed by atoms with E-state index in [0.717, 1.165) is 49.0 Å². The Balaban J connectivity index is 1.76. The number of nitrogens with zero attached hydrogens (tertiary/aromatic N) is 4. The second-order valence-corrected chi connectivity index (χ2v) is 6.01. The number of amides is 1. The third-order valence-corrected chi connectivity index (χ3v) is 4.36. The van der Waals surface area contributed by atoms with Gasteiger partial charge in [-0.3, -0.25) is 10.1 Å². The summed E-state index contributed by atoms with van der Waals surface area (Å²) in [5, 5.41) is 13.5. The number of carbonyl (C=O) groups excluding carboxylic acids is 1. The van der Waals surface area contributed by atoms with Crippen LogP contribution in [0, 0.1) is 5.82 Å². The Bertz CT molecular complexity index is 885. The van der Waals surface area contributed by atoms with Gasteiger partial charge in [-0.1, -0.05) is 6.42 Å². The molecule has 0 unspecified atom stereocenters. The average molecular weight is 340 g/mol. The largest absolute Gasteiger partial charge is 0.289 e. The van der Waals surface area contributed by atoms with Gasteiger partial charge in [0.05, 0.1) is 5.69 Å². The normalized spacial score (nSPS) is 14.0. The number of benzene rings is 1. The summed E-state index contributed by atoms with van der Waals surface area (Å²) in [5.41, 5.74) is 3.11. The maximum atomic E-state index is 13.2. The fourth-order valence-electron chi connectivity index (χ4n) is 3.19. The molecule has 3 aromatic rings. The van der Waals surface area contributed by atoms with E-state index in [1.165, 1.54) is 18.5 Å². The molecule has 0 fully saturated rings. The molecular weight excluding hydrogens is 323 g/mol. The minimum Gasteiger partial charge on any atom is -0.289 e. The highest BCUT2D eigenvalue weighted by atomic mass is 19.1. The standard InChI is InChI=1S/C17H17FN6O/c18-11-6-8-12(9-7-11)24-14-5-3-1-2-4-13(14)15(23-24)16(25)21-17-19-10-20-22-17/h6-10H,1-5H2,(H2,19,20,21,22,25). The van der Waals surface area contributed by atoms with Gasteiger partial charge in [0, 0.05) is 11.3 Å². The molecule has 8 heteroatoms. The van der Waals surface area contributed by atoms with Gasteiger partial charge in [0.25, 0.3) is 5.91 Å². The molecule has 7 nitrogen and oxygen atoms in total. The minimum atomic E-state index is -0.323. The molecular formula is C17H17FN6O. The van der Waals surface area contributed by atoms with E-state index in [9.17, 15) is 9.18 Å². The summed E-state index contributed by atoms with van der Waals surface area (Å²) >= 11 is 0. The lowest BCUT2D eigenvalue weighted by molar-refractivity contribution is 0.102. The van der Waals surface area contributed by atoms with E-state index >= 15 is 0 Å². The zero-order valence-corrected chi connectivity index (χ0v) is 13.5. The second-order valence-electron chi connectivity index (χ2n) is 6.01. The molecule has 2 aromatic heterocycles. The highest BCUT2D eigenvalue weighted by Crippen LogP contribution is 2.27. The number of carbonyl (C=O) groups is 1. The zero-order valence-electron chi connectivity index (χ0n) is 13.5. The molecule has 1 amide bonds. The Hall–Kier alpha value is -3.03. The highest BCUT2D eigenvalue weighted by Gasteiger charge is 2.25. The maximum absolute atomic E-state index is 13.2. The summed E-state index contributed by atoms with van der Waals surface area (Å²) in [6.07, 6.45) is 6.15. The van der Waals surface area contributed by atoms with Gasteiger partial charge in [0.2, 0.25) is 5.95 Å². The van der Waals surface area contributed by atoms with Crippen molar-refractivity contribution in [2.75, 3.05) is 5.32 Å². The van der Waals surface area contributed by atoms with Crippen LogP contribution in [-0.2, 0) is 12.8 Å². The quantitative estimate of drug-likeness (QED) is 0.718. The van der Waals surface area contributed by atoms with Crippen LogP contribution in [0.4, 0.5) is 10.3 Å². The van der Waals surface area contributed by atoms with Gasteiger partial charge < -0.3 is 0 Å². The van der Waals surface area contributed by atoms with Crippen molar-refractivity contribution >= 4 is 11.9 Å². The summed E-state index contributed by atoms with van der Waals surface area (Å²) in [6, 6.07) is 6.14. The van der Waals surface area contributed by atoms with E-state index in [-0.39, 0.29) is 17.7 Å². The Morgan fingerprint density at radius 3 is 2.72 bits per heavy atom. The van der Waals surface area contributed by atoms with Crippen LogP contribution >= 0.6 is 0 Å². The third kappa shape index (κ3) is 3.02. The van der Waals surface area contributed by atoms with Gasteiger partial charge in [0.1, 0.15) is 12.1 Å². The van der Waals surface area contributed by atoms with Gasteiger partial charge in [-0.25, -0.2) is 14.2 Å². The van der Waals surface area contributed by atoms with E-state index in [1.54, 1.807) is 16.8 Å². The van der Waals surface area contributed by atoms with Crippen LogP contribution in [0.25, 0.3) is 5.69 Å². The van der Waals surface area contributed by atoms with Crippen molar-refractivity contribution in [3.63, 3.8) is 0 Å². The monoisotopic (exact) mass is 340 g/mol. The van der Waals surface area contributed by atoms with Crippen molar-refractivity contribution in [2.45, 2.75) is 32.1 Å². The number of halogens is 1. The van der Waals surface area contributed by atoms with Gasteiger partial charge in [-0.15, -0.1) is 0 Å². The van der Waals surface area contributed by atoms with E-state index in [2.05, 4.69) is 25.6 Å². The number of aromatic amines is 1. The predicted molar refractivity (Wildman–Crippen MR) is 89.1 cm³/mol. The summed E-state index contributed by atoms with van der Waals surface area (Å²) in [5.74, 6) is -0.343. The lowest BCUT2D eigenvalue weighted by Gasteiger charge is -2.07. The van der Waals surface area contributed by atoms with Crippen LogP contribution in [0.3, 0.4) is 0 Å². The Kier molecular flexibility index (Phi) is 4.01. The van der Waals surface area contributed by atoms with Crippen molar-refractivity contribution < 1.29 is 9.18 Å². The zero-order chi connectivity index (χ0) is 17.2. The van der Waals surface area contributed by atoms with Crippen molar-refractivity contribution in [1.29, 1.82) is 0 Å². The number of hydrogen-bond donors (Lipinski definition) is 2. The van der Waals surface area contributed by atoms with Crippen LogP contribution in [0.1, 0.15) is 41.0 Å². The summed E-state index contributed by atoms with van der Waals surface area (Å²) in [4.78, 5) is 16.6. The van der Waals surface area contributed by atoms with Crippen molar-refractivity contribution in [3.05, 3.63) is 53.4 Å². The molecule has 1 aliphatic carbocycles. The molecule has 1 aromatic carbocycles. The first-order valence-corrected chi connectivity index (χ1v) is 8.26. The van der Waals surface area contributed by atoms with Crippen LogP contribution in [0.2, 0.25) is 0 Å². The summed E-state index contributed by atoms with van der Waals surface area (Å²) in [6.45, 7) is 0. The second kappa shape index (κ2) is 6.46. The number of fused-ring (bicyclic) bond motifs is 1. The maximum Gasteiger partial charge on any atom is 0.278 e. The van der Waals surface area contributed by atoms with Crippen LogP contribution in [0.15, 0.2) is 30.6 Å². The Labute approximate surface area is 143 Å². The number of H-pyrrole nitrogens is 1. The molecule has 2 N–H and O–H groups in total. The number of aromatic nitrogens is 5. The van der Waals surface area contributed by atoms with Gasteiger partial charge in [0.15, 0.2) is 5.69 Å². The Morgan fingerprint density at radius 2 is 1.96 bits per heavy atom. The van der Waals surface area contributed by atoms with Crippen molar-refractivity contribution in [2.24, 2.45) is 0 Å². The third-order valence-electron chi connectivity index (χ3n) is 4.36. The summed E-state index contributed by atoms with van der Waals surface area (Å²) in [7, 11) is 0. The topological polar surface area (TPSA) is 88.5 Å². The number of hydrogen-bond acceptors (Lipinski definition) is 4. The molecule has 0 spiro atoms. The van der Waals surface area contributed by atoms with Crippen LogP contribution < -0.4 is 5.32 Å². The Morgan fingerprint density at radius 1 is 1.16 bits per heavy atom. The average Bonchev–Trinajstić information content (AvgIpc) is 3.17. The number of nitrogens with one attached hydrogen (secondary N) is 2. The fraction of sp³-hybridized carbons (Fsp3) is 0.294. The first-order chi connectivity index (χ1) is 12.2. The molecule has 128 valence electrons. The first-order valence-electron chi connectivity index (χ1n) is 8.26. The molecule has 4 rings (SSSR count). The lowest BCUT2D eigenvalue weighted by Crippen LogP contribution is -2.16.